The van der Waals surface area contributed by atoms with Crippen LogP contribution in [0.1, 0.15) is 29.7 Å². The van der Waals surface area contributed by atoms with Crippen LogP contribution < -0.4 is 14.2 Å². The first-order valence-corrected chi connectivity index (χ1v) is 13.2. The van der Waals surface area contributed by atoms with Gasteiger partial charge in [-0.3, -0.25) is 4.98 Å². The van der Waals surface area contributed by atoms with Gasteiger partial charge in [0.05, 0.1) is 12.2 Å². The monoisotopic (exact) mass is 563 g/mol. The number of carbonyl (C=O) groups excluding carboxylic acids is 1. The Bertz CT molecular complexity index is 1410. The van der Waals surface area contributed by atoms with E-state index in [0.29, 0.717) is 55.1 Å². The molecule has 2 aromatic heterocycles. The molecule has 10 heteroatoms. The molecular weight excluding hydrogens is 535 g/mol. The summed E-state index contributed by atoms with van der Waals surface area (Å²) in [6.45, 7) is 1.70. The van der Waals surface area contributed by atoms with Gasteiger partial charge in [-0.1, -0.05) is 18.2 Å². The number of pyridine rings is 2. The molecule has 3 heterocycles. The summed E-state index contributed by atoms with van der Waals surface area (Å²) < 4.78 is 55.3. The van der Waals surface area contributed by atoms with Crippen LogP contribution >= 0.6 is 0 Å². The first kappa shape index (κ1) is 27.9. The highest BCUT2D eigenvalue weighted by Gasteiger charge is 2.30. The molecule has 7 nitrogen and oxygen atoms in total. The van der Waals surface area contributed by atoms with Crippen molar-refractivity contribution in [3.63, 3.8) is 0 Å². The number of alkyl halides is 3. The van der Waals surface area contributed by atoms with Gasteiger partial charge in [0.2, 0.25) is 5.88 Å². The predicted molar refractivity (Wildman–Crippen MR) is 145 cm³/mol. The van der Waals surface area contributed by atoms with E-state index >= 15 is 0 Å². The quantitative estimate of drug-likeness (QED) is 0.226. The first-order chi connectivity index (χ1) is 19.8. The van der Waals surface area contributed by atoms with Crippen molar-refractivity contribution in [1.29, 1.82) is 0 Å². The average molecular weight is 564 g/mol. The maximum Gasteiger partial charge on any atom is 0.417 e. The lowest BCUT2D eigenvalue weighted by atomic mass is 9.98. The summed E-state index contributed by atoms with van der Waals surface area (Å²) in [5.41, 5.74) is 0.577. The first-order valence-electron chi connectivity index (χ1n) is 13.2. The molecule has 0 aliphatic carbocycles. The normalized spacial score (nSPS) is 14.0. The second-order valence-corrected chi connectivity index (χ2v) is 9.71. The van der Waals surface area contributed by atoms with Crippen molar-refractivity contribution in [2.45, 2.75) is 25.4 Å². The van der Waals surface area contributed by atoms with E-state index in [1.165, 1.54) is 6.07 Å². The Morgan fingerprint density at radius 3 is 2.20 bits per heavy atom. The summed E-state index contributed by atoms with van der Waals surface area (Å²) >= 11 is 0. The van der Waals surface area contributed by atoms with E-state index < -0.39 is 17.8 Å². The SMILES string of the molecule is O=C(Oc1ccc(Cc2ccc(C(F)(F)F)cn2)cc1)N1CCC(COc2ccc(Oc3ccccn3)cc2)CC1. The zero-order valence-electron chi connectivity index (χ0n) is 22.1. The summed E-state index contributed by atoms with van der Waals surface area (Å²) in [5.74, 6) is 2.67. The minimum atomic E-state index is -4.41. The number of ether oxygens (including phenoxy) is 3. The zero-order valence-corrected chi connectivity index (χ0v) is 22.1. The van der Waals surface area contributed by atoms with Gasteiger partial charge < -0.3 is 19.1 Å². The van der Waals surface area contributed by atoms with Crippen molar-refractivity contribution in [3.8, 4) is 23.1 Å². The van der Waals surface area contributed by atoms with Gasteiger partial charge in [-0.15, -0.1) is 0 Å². The van der Waals surface area contributed by atoms with Crippen molar-refractivity contribution in [2.75, 3.05) is 19.7 Å². The minimum Gasteiger partial charge on any atom is -0.493 e. The van der Waals surface area contributed by atoms with Crippen molar-refractivity contribution in [1.82, 2.24) is 14.9 Å². The van der Waals surface area contributed by atoms with Crippen LogP contribution in [0.3, 0.4) is 0 Å². The number of carbonyl (C=O) groups is 1. The second kappa shape index (κ2) is 12.7. The zero-order chi connectivity index (χ0) is 28.7. The van der Waals surface area contributed by atoms with Crippen molar-refractivity contribution in [2.24, 2.45) is 5.92 Å². The number of hydrogen-bond acceptors (Lipinski definition) is 6. The molecule has 1 aliphatic heterocycles. The fourth-order valence-corrected chi connectivity index (χ4v) is 4.37. The molecule has 1 aliphatic rings. The molecule has 4 aromatic rings. The van der Waals surface area contributed by atoms with Crippen LogP contribution in [0.5, 0.6) is 23.1 Å². The van der Waals surface area contributed by atoms with Gasteiger partial charge in [0, 0.05) is 43.7 Å². The Morgan fingerprint density at radius 2 is 1.56 bits per heavy atom. The smallest absolute Gasteiger partial charge is 0.417 e. The summed E-state index contributed by atoms with van der Waals surface area (Å²) in [7, 11) is 0. The van der Waals surface area contributed by atoms with E-state index in [0.717, 1.165) is 36.4 Å². The molecule has 212 valence electrons. The number of piperidine rings is 1. The van der Waals surface area contributed by atoms with E-state index in [1.807, 2.05) is 36.4 Å². The number of aromatic nitrogens is 2. The Hall–Kier alpha value is -4.60. The summed E-state index contributed by atoms with van der Waals surface area (Å²) in [6.07, 6.45) is -0.353. The number of nitrogens with zero attached hydrogens (tertiary/aromatic N) is 3. The highest BCUT2D eigenvalue weighted by Crippen LogP contribution is 2.29. The molecule has 0 N–H and O–H groups in total. The number of hydrogen-bond donors (Lipinski definition) is 0. The fraction of sp³-hybridized carbons (Fsp3) is 0.258. The molecule has 0 unspecified atom stereocenters. The molecule has 0 spiro atoms. The minimum absolute atomic E-state index is 0.321. The van der Waals surface area contributed by atoms with Gasteiger partial charge in [0.15, 0.2) is 0 Å². The van der Waals surface area contributed by atoms with Crippen LogP contribution in [0.2, 0.25) is 0 Å². The molecule has 0 atom stereocenters. The van der Waals surface area contributed by atoms with Gasteiger partial charge >= 0.3 is 12.3 Å². The Labute approximate surface area is 235 Å². The number of likely N-dealkylation sites (tertiary alicyclic amines) is 1. The van der Waals surface area contributed by atoms with Gasteiger partial charge in [-0.2, -0.15) is 13.2 Å². The van der Waals surface area contributed by atoms with Crippen LogP contribution in [0.25, 0.3) is 0 Å². The Kier molecular flexibility index (Phi) is 8.67. The Morgan fingerprint density at radius 1 is 0.854 bits per heavy atom. The second-order valence-electron chi connectivity index (χ2n) is 9.71. The predicted octanol–water partition coefficient (Wildman–Crippen LogP) is 7.17. The van der Waals surface area contributed by atoms with E-state index in [9.17, 15) is 18.0 Å². The molecule has 1 saturated heterocycles. The summed E-state index contributed by atoms with van der Waals surface area (Å²) in [5, 5.41) is 0. The molecule has 1 amide bonds. The third-order valence-electron chi connectivity index (χ3n) is 6.71. The van der Waals surface area contributed by atoms with Gasteiger partial charge in [0.1, 0.15) is 17.2 Å². The standard InChI is InChI=1S/C31H28F3N3O4/c32-31(33,34)24-6-7-25(36-20-24)19-22-4-8-28(9-5-22)41-30(38)37-17-14-23(15-18-37)21-39-26-10-12-27(13-11-26)40-29-3-1-2-16-35-29/h1-13,16,20,23H,14-15,17-19,21H2. The van der Waals surface area contributed by atoms with E-state index in [4.69, 9.17) is 14.2 Å². The lowest BCUT2D eigenvalue weighted by Gasteiger charge is -2.31. The number of rotatable bonds is 8. The third kappa shape index (κ3) is 7.97. The molecular formula is C31H28F3N3O4. The molecule has 0 radical (unpaired) electrons. The molecule has 0 bridgehead atoms. The van der Waals surface area contributed by atoms with Crippen LogP contribution in [-0.2, 0) is 12.6 Å². The van der Waals surface area contributed by atoms with E-state index in [-0.39, 0.29) is 0 Å². The van der Waals surface area contributed by atoms with E-state index in [2.05, 4.69) is 9.97 Å². The maximum absolute atomic E-state index is 12.7. The van der Waals surface area contributed by atoms with Crippen LogP contribution in [0.4, 0.5) is 18.0 Å². The number of halogens is 3. The molecule has 1 fully saturated rings. The van der Waals surface area contributed by atoms with Gasteiger partial charge in [0.25, 0.3) is 0 Å². The van der Waals surface area contributed by atoms with E-state index in [1.54, 1.807) is 41.4 Å². The lowest BCUT2D eigenvalue weighted by Crippen LogP contribution is -2.41. The summed E-state index contributed by atoms with van der Waals surface area (Å²) in [6, 6.07) is 22.1. The fourth-order valence-electron chi connectivity index (χ4n) is 4.37. The van der Waals surface area contributed by atoms with Crippen LogP contribution in [0.15, 0.2) is 91.3 Å². The van der Waals surface area contributed by atoms with Crippen LogP contribution in [-0.4, -0.2) is 40.7 Å². The average Bonchev–Trinajstić information content (AvgIpc) is 2.98. The highest BCUT2D eigenvalue weighted by molar-refractivity contribution is 5.70. The molecule has 5 rings (SSSR count). The van der Waals surface area contributed by atoms with Gasteiger partial charge in [-0.05, 0) is 78.9 Å². The lowest BCUT2D eigenvalue weighted by molar-refractivity contribution is -0.137. The van der Waals surface area contributed by atoms with Crippen molar-refractivity contribution >= 4 is 6.09 Å². The highest BCUT2D eigenvalue weighted by atomic mass is 19.4. The van der Waals surface area contributed by atoms with Crippen LogP contribution in [0, 0.1) is 5.92 Å². The maximum atomic E-state index is 12.7. The largest absolute Gasteiger partial charge is 0.493 e. The summed E-state index contributed by atoms with van der Waals surface area (Å²) in [4.78, 5) is 22.4. The topological polar surface area (TPSA) is 73.8 Å². The van der Waals surface area contributed by atoms with Crippen molar-refractivity contribution in [3.05, 3.63) is 108 Å². The molecule has 2 aromatic carbocycles. The third-order valence-corrected chi connectivity index (χ3v) is 6.71. The Balaban J connectivity index is 1.03. The molecule has 41 heavy (non-hydrogen) atoms. The number of amides is 1. The number of benzene rings is 2. The van der Waals surface area contributed by atoms with Crippen molar-refractivity contribution < 1.29 is 32.2 Å². The van der Waals surface area contributed by atoms with Gasteiger partial charge in [-0.25, -0.2) is 9.78 Å². The molecule has 0 saturated carbocycles.